The maximum absolute atomic E-state index is 12.2. The van der Waals surface area contributed by atoms with Crippen molar-refractivity contribution in [3.8, 4) is 5.75 Å². The van der Waals surface area contributed by atoms with Crippen molar-refractivity contribution in [2.75, 3.05) is 0 Å². The van der Waals surface area contributed by atoms with Crippen LogP contribution in [0.2, 0.25) is 0 Å². The van der Waals surface area contributed by atoms with Gasteiger partial charge in [-0.25, -0.2) is 0 Å². The SMILES string of the molecule is Cc1cc(C)cc(C(O)c2cccc(OC(F)F)c2)c1. The van der Waals surface area contributed by atoms with Gasteiger partial charge in [0.25, 0.3) is 0 Å². The molecule has 0 aliphatic rings. The van der Waals surface area contributed by atoms with Crippen LogP contribution in [0, 0.1) is 13.8 Å². The van der Waals surface area contributed by atoms with Crippen LogP contribution in [0.1, 0.15) is 28.4 Å². The lowest BCUT2D eigenvalue weighted by Gasteiger charge is -2.14. The van der Waals surface area contributed by atoms with Gasteiger partial charge in [0.15, 0.2) is 0 Å². The number of aliphatic hydroxyl groups is 1. The Morgan fingerprint density at radius 2 is 1.60 bits per heavy atom. The van der Waals surface area contributed by atoms with Gasteiger partial charge in [0.2, 0.25) is 0 Å². The molecule has 0 aliphatic heterocycles. The van der Waals surface area contributed by atoms with Crippen molar-refractivity contribution in [2.24, 2.45) is 0 Å². The summed E-state index contributed by atoms with van der Waals surface area (Å²) >= 11 is 0. The number of ether oxygens (including phenoxy) is 1. The van der Waals surface area contributed by atoms with E-state index in [-0.39, 0.29) is 5.75 Å². The molecule has 2 aromatic rings. The Bertz CT molecular complexity index is 577. The molecule has 0 fully saturated rings. The van der Waals surface area contributed by atoms with E-state index >= 15 is 0 Å². The Hall–Kier alpha value is -1.94. The van der Waals surface area contributed by atoms with Gasteiger partial charge in [-0.1, -0.05) is 41.5 Å². The Labute approximate surface area is 116 Å². The van der Waals surface area contributed by atoms with Gasteiger partial charge in [-0.3, -0.25) is 0 Å². The largest absolute Gasteiger partial charge is 0.435 e. The molecule has 20 heavy (non-hydrogen) atoms. The van der Waals surface area contributed by atoms with Crippen LogP contribution in [0.5, 0.6) is 5.75 Å². The molecule has 1 unspecified atom stereocenters. The Balaban J connectivity index is 2.30. The van der Waals surface area contributed by atoms with Crippen LogP contribution < -0.4 is 4.74 Å². The van der Waals surface area contributed by atoms with Gasteiger partial charge < -0.3 is 9.84 Å². The summed E-state index contributed by atoms with van der Waals surface area (Å²) < 4.78 is 28.7. The lowest BCUT2D eigenvalue weighted by atomic mass is 9.98. The molecule has 0 aromatic heterocycles. The van der Waals surface area contributed by atoms with Gasteiger partial charge >= 0.3 is 6.61 Å². The number of halogens is 2. The molecule has 0 bridgehead atoms. The van der Waals surface area contributed by atoms with E-state index in [0.29, 0.717) is 5.56 Å². The molecule has 0 spiro atoms. The molecule has 0 heterocycles. The minimum atomic E-state index is -2.87. The maximum Gasteiger partial charge on any atom is 0.387 e. The van der Waals surface area contributed by atoms with Crippen LogP contribution in [0.3, 0.4) is 0 Å². The van der Waals surface area contributed by atoms with Gasteiger partial charge in [-0.05, 0) is 37.1 Å². The number of benzene rings is 2. The number of alkyl halides is 2. The van der Waals surface area contributed by atoms with Crippen LogP contribution in [0.4, 0.5) is 8.78 Å². The average molecular weight is 278 g/mol. The highest BCUT2D eigenvalue weighted by molar-refractivity contribution is 5.38. The minimum Gasteiger partial charge on any atom is -0.435 e. The van der Waals surface area contributed by atoms with Gasteiger partial charge in [-0.15, -0.1) is 0 Å². The minimum absolute atomic E-state index is 0.0425. The van der Waals surface area contributed by atoms with Crippen LogP contribution in [0.15, 0.2) is 42.5 Å². The van der Waals surface area contributed by atoms with Gasteiger partial charge in [0.1, 0.15) is 11.9 Å². The summed E-state index contributed by atoms with van der Waals surface area (Å²) in [6.07, 6.45) is -0.866. The second kappa shape index (κ2) is 6.01. The molecule has 1 atom stereocenters. The molecule has 0 saturated heterocycles. The standard InChI is InChI=1S/C16H16F2O2/c1-10-6-11(2)8-13(7-10)15(19)12-4-3-5-14(9-12)20-16(17)18/h3-9,15-16,19H,1-2H3. The summed E-state index contributed by atoms with van der Waals surface area (Å²) in [5, 5.41) is 10.4. The summed E-state index contributed by atoms with van der Waals surface area (Å²) in [6.45, 7) is 1.02. The van der Waals surface area contributed by atoms with Crippen LogP contribution in [-0.4, -0.2) is 11.7 Å². The number of aryl methyl sites for hydroxylation is 2. The van der Waals surface area contributed by atoms with Crippen LogP contribution >= 0.6 is 0 Å². The zero-order valence-corrected chi connectivity index (χ0v) is 11.3. The summed E-state index contributed by atoms with van der Waals surface area (Å²) in [4.78, 5) is 0. The number of aliphatic hydroxyl groups excluding tert-OH is 1. The van der Waals surface area contributed by atoms with Crippen molar-refractivity contribution >= 4 is 0 Å². The molecular weight excluding hydrogens is 262 g/mol. The number of rotatable bonds is 4. The first kappa shape index (κ1) is 14.5. The lowest BCUT2D eigenvalue weighted by Crippen LogP contribution is -2.04. The average Bonchev–Trinajstić information content (AvgIpc) is 2.36. The van der Waals surface area contributed by atoms with E-state index in [9.17, 15) is 13.9 Å². The molecule has 106 valence electrons. The molecule has 0 saturated carbocycles. The second-order valence-corrected chi connectivity index (χ2v) is 4.77. The lowest BCUT2D eigenvalue weighted by molar-refractivity contribution is -0.0499. The molecule has 0 radical (unpaired) electrons. The molecule has 4 heteroatoms. The smallest absolute Gasteiger partial charge is 0.387 e. The predicted molar refractivity (Wildman–Crippen MR) is 73.1 cm³/mol. The molecule has 2 nitrogen and oxygen atoms in total. The highest BCUT2D eigenvalue weighted by Crippen LogP contribution is 2.27. The third-order valence-corrected chi connectivity index (χ3v) is 2.96. The third-order valence-electron chi connectivity index (χ3n) is 2.96. The van der Waals surface area contributed by atoms with E-state index in [4.69, 9.17) is 0 Å². The van der Waals surface area contributed by atoms with Crippen LogP contribution in [-0.2, 0) is 0 Å². The molecule has 0 aliphatic carbocycles. The summed E-state index contributed by atoms with van der Waals surface area (Å²) in [7, 11) is 0. The maximum atomic E-state index is 12.2. The first-order valence-corrected chi connectivity index (χ1v) is 6.27. The molecular formula is C16H16F2O2. The first-order valence-electron chi connectivity index (χ1n) is 6.27. The number of hydrogen-bond donors (Lipinski definition) is 1. The van der Waals surface area contributed by atoms with E-state index in [2.05, 4.69) is 4.74 Å². The van der Waals surface area contributed by atoms with E-state index < -0.39 is 12.7 Å². The highest BCUT2D eigenvalue weighted by Gasteiger charge is 2.13. The van der Waals surface area contributed by atoms with Crippen LogP contribution in [0.25, 0.3) is 0 Å². The van der Waals surface area contributed by atoms with Crippen molar-refractivity contribution in [3.05, 3.63) is 64.7 Å². The third kappa shape index (κ3) is 3.54. The van der Waals surface area contributed by atoms with Gasteiger partial charge in [0.05, 0.1) is 0 Å². The molecule has 2 aromatic carbocycles. The van der Waals surface area contributed by atoms with E-state index in [1.807, 2.05) is 32.0 Å². The Kier molecular flexibility index (Phi) is 4.35. The van der Waals surface area contributed by atoms with Gasteiger partial charge in [0, 0.05) is 0 Å². The monoisotopic (exact) mass is 278 g/mol. The van der Waals surface area contributed by atoms with E-state index in [0.717, 1.165) is 16.7 Å². The first-order chi connectivity index (χ1) is 9.45. The fourth-order valence-corrected chi connectivity index (χ4v) is 2.22. The molecule has 0 amide bonds. The van der Waals surface area contributed by atoms with E-state index in [1.54, 1.807) is 12.1 Å². The van der Waals surface area contributed by atoms with Gasteiger partial charge in [-0.2, -0.15) is 8.78 Å². The fourth-order valence-electron chi connectivity index (χ4n) is 2.22. The van der Waals surface area contributed by atoms with Crippen molar-refractivity contribution in [2.45, 2.75) is 26.6 Å². The van der Waals surface area contributed by atoms with E-state index in [1.165, 1.54) is 12.1 Å². The zero-order chi connectivity index (χ0) is 14.7. The molecule has 1 N–H and O–H groups in total. The summed E-state index contributed by atoms with van der Waals surface area (Å²) in [5.74, 6) is 0.0425. The summed E-state index contributed by atoms with van der Waals surface area (Å²) in [6, 6.07) is 11.9. The second-order valence-electron chi connectivity index (χ2n) is 4.77. The van der Waals surface area contributed by atoms with Crippen molar-refractivity contribution in [1.29, 1.82) is 0 Å². The Morgan fingerprint density at radius 3 is 2.20 bits per heavy atom. The normalized spacial score (nSPS) is 12.5. The number of hydrogen-bond acceptors (Lipinski definition) is 2. The molecule has 2 rings (SSSR count). The van der Waals surface area contributed by atoms with Crippen molar-refractivity contribution in [3.63, 3.8) is 0 Å². The van der Waals surface area contributed by atoms with Crippen molar-refractivity contribution < 1.29 is 18.6 Å². The zero-order valence-electron chi connectivity index (χ0n) is 11.3. The summed E-state index contributed by atoms with van der Waals surface area (Å²) in [5.41, 5.74) is 3.34. The topological polar surface area (TPSA) is 29.5 Å². The van der Waals surface area contributed by atoms with Crippen molar-refractivity contribution in [1.82, 2.24) is 0 Å². The fraction of sp³-hybridized carbons (Fsp3) is 0.250. The Morgan fingerprint density at radius 1 is 0.950 bits per heavy atom. The predicted octanol–water partition coefficient (Wildman–Crippen LogP) is 3.99. The quantitative estimate of drug-likeness (QED) is 0.916. The highest BCUT2D eigenvalue weighted by atomic mass is 19.3.